The average Bonchev–Trinajstić information content (AvgIpc) is 2.80. The molecule has 0 atom stereocenters. The maximum absolute atomic E-state index is 6.40. The fourth-order valence-electron chi connectivity index (χ4n) is 3.64. The van der Waals surface area contributed by atoms with E-state index in [9.17, 15) is 0 Å². The first-order valence-corrected chi connectivity index (χ1v) is 14.8. The molecule has 0 radical (unpaired) electrons. The highest BCUT2D eigenvalue weighted by molar-refractivity contribution is 8.14. The average molecular weight is 479 g/mol. The lowest BCUT2D eigenvalue weighted by Gasteiger charge is -2.26. The van der Waals surface area contributed by atoms with Gasteiger partial charge in [0, 0.05) is 30.1 Å². The Morgan fingerprint density at radius 3 is 1.91 bits per heavy atom. The molecule has 3 nitrogen and oxygen atoms in total. The van der Waals surface area contributed by atoms with E-state index in [0.717, 1.165) is 42.3 Å². The second-order valence-electron chi connectivity index (χ2n) is 8.49. The Morgan fingerprint density at radius 2 is 1.42 bits per heavy atom. The largest absolute Gasteiger partial charge is 0.494 e. The van der Waals surface area contributed by atoms with Crippen molar-refractivity contribution in [3.8, 4) is 5.75 Å². The summed E-state index contributed by atoms with van der Waals surface area (Å²) in [5.41, 5.74) is 7.15. The summed E-state index contributed by atoms with van der Waals surface area (Å²) in [5, 5.41) is 7.24. The van der Waals surface area contributed by atoms with Gasteiger partial charge >= 0.3 is 0 Å². The van der Waals surface area contributed by atoms with Gasteiger partial charge in [-0.15, -0.1) is 6.58 Å². The third-order valence-corrected chi connectivity index (χ3v) is 9.06. The number of hydrogen-bond donors (Lipinski definition) is 2. The monoisotopic (exact) mass is 478 g/mol. The quantitative estimate of drug-likeness (QED) is 0.208. The minimum absolute atomic E-state index is 0.639. The van der Waals surface area contributed by atoms with Crippen LogP contribution >= 0.6 is 6.04 Å². The van der Waals surface area contributed by atoms with E-state index in [1.54, 1.807) is 0 Å². The van der Waals surface area contributed by atoms with E-state index in [-0.39, 0.29) is 0 Å². The van der Waals surface area contributed by atoms with E-state index in [0.29, 0.717) is 6.61 Å². The van der Waals surface area contributed by atoms with Gasteiger partial charge in [-0.1, -0.05) is 65.4 Å². The Kier molecular flexibility index (Phi) is 9.17. The summed E-state index contributed by atoms with van der Waals surface area (Å²) in [7, 11) is 0. The molecule has 5 heteroatoms. The van der Waals surface area contributed by atoms with Crippen molar-refractivity contribution in [3.63, 3.8) is 0 Å². The molecular weight excluding hydrogens is 443 g/mol. The predicted octanol–water partition coefficient (Wildman–Crippen LogP) is 7.55. The minimum Gasteiger partial charge on any atom is -0.494 e. The molecule has 0 spiro atoms. The van der Waals surface area contributed by atoms with E-state index >= 15 is 0 Å². The minimum atomic E-state index is -1.88. The van der Waals surface area contributed by atoms with E-state index in [4.69, 9.17) is 16.5 Å². The fraction of sp³-hybridized carbons (Fsp3) is 0.286. The molecule has 33 heavy (non-hydrogen) atoms. The van der Waals surface area contributed by atoms with Crippen molar-refractivity contribution in [2.24, 2.45) is 0 Å². The van der Waals surface area contributed by atoms with Gasteiger partial charge in [-0.25, -0.2) is 0 Å². The lowest BCUT2D eigenvalue weighted by Crippen LogP contribution is -2.13. The van der Waals surface area contributed by atoms with E-state index in [1.807, 2.05) is 13.0 Å². The van der Waals surface area contributed by atoms with Crippen molar-refractivity contribution in [1.29, 1.82) is 0 Å². The predicted molar refractivity (Wildman–Crippen MR) is 149 cm³/mol. The molecule has 0 bridgehead atoms. The van der Waals surface area contributed by atoms with Crippen molar-refractivity contribution < 1.29 is 4.74 Å². The van der Waals surface area contributed by atoms with Gasteiger partial charge < -0.3 is 15.4 Å². The van der Waals surface area contributed by atoms with E-state index in [2.05, 4.69) is 97.8 Å². The number of rotatable bonds is 12. The summed E-state index contributed by atoms with van der Waals surface area (Å²) in [5.74, 6) is 0.935. The van der Waals surface area contributed by atoms with Crippen LogP contribution in [0.2, 0.25) is 0 Å². The molecule has 0 aliphatic heterocycles. The van der Waals surface area contributed by atoms with Crippen LogP contribution in [0.4, 0.5) is 11.4 Å². The Hall–Kier alpha value is -2.55. The Bertz CT molecular complexity index is 1040. The van der Waals surface area contributed by atoms with Gasteiger partial charge in [-0.2, -0.15) is 0 Å². The smallest absolute Gasteiger partial charge is 0.122 e. The summed E-state index contributed by atoms with van der Waals surface area (Å²) >= 11 is 6.40. The van der Waals surface area contributed by atoms with Crippen molar-refractivity contribution >= 4 is 29.2 Å². The van der Waals surface area contributed by atoms with Gasteiger partial charge in [0.25, 0.3) is 0 Å². The first-order chi connectivity index (χ1) is 15.9. The number of ether oxygens (including phenoxy) is 1. The number of nitrogens with one attached hydrogen (secondary N) is 2. The fourth-order valence-corrected chi connectivity index (χ4v) is 6.59. The molecule has 174 valence electrons. The number of hydrogen-bond acceptors (Lipinski definition) is 4. The van der Waals surface area contributed by atoms with E-state index in [1.165, 1.54) is 22.3 Å². The van der Waals surface area contributed by atoms with Crippen LogP contribution in [0.25, 0.3) is 0 Å². The highest BCUT2D eigenvalue weighted by Crippen LogP contribution is 2.50. The topological polar surface area (TPSA) is 33.3 Å². The van der Waals surface area contributed by atoms with Gasteiger partial charge in [-0.3, -0.25) is 0 Å². The maximum Gasteiger partial charge on any atom is 0.122 e. The number of allylic oxidation sites excluding steroid dienone is 1. The molecule has 2 N–H and O–H groups in total. The Morgan fingerprint density at radius 1 is 0.879 bits per heavy atom. The zero-order valence-corrected chi connectivity index (χ0v) is 21.6. The van der Waals surface area contributed by atoms with Gasteiger partial charge in [0.2, 0.25) is 0 Å². The first kappa shape index (κ1) is 25.1. The molecule has 0 fully saturated rings. The molecule has 3 aromatic rings. The molecule has 3 rings (SSSR count). The molecule has 3 aromatic carbocycles. The molecule has 0 heterocycles. The second-order valence-corrected chi connectivity index (χ2v) is 13.9. The number of benzene rings is 3. The molecule has 0 saturated heterocycles. The van der Waals surface area contributed by atoms with Crippen LogP contribution in [0.15, 0.2) is 79.4 Å². The molecule has 0 aromatic heterocycles. The van der Waals surface area contributed by atoms with Crippen LogP contribution in [0.3, 0.4) is 0 Å². The summed E-state index contributed by atoms with van der Waals surface area (Å²) < 4.78 is 5.97. The van der Waals surface area contributed by atoms with Crippen molar-refractivity contribution in [2.75, 3.05) is 29.8 Å². The van der Waals surface area contributed by atoms with Crippen molar-refractivity contribution in [1.82, 2.24) is 0 Å². The van der Waals surface area contributed by atoms with Crippen LogP contribution in [-0.2, 0) is 24.4 Å². The molecule has 0 aliphatic carbocycles. The summed E-state index contributed by atoms with van der Waals surface area (Å²) in [6, 6.07) is 21.6. The van der Waals surface area contributed by atoms with Gasteiger partial charge in [0.15, 0.2) is 0 Å². The zero-order valence-electron chi connectivity index (χ0n) is 19.9. The lowest BCUT2D eigenvalue weighted by atomic mass is 10.1. The highest BCUT2D eigenvalue weighted by atomic mass is 32.4. The summed E-state index contributed by atoms with van der Waals surface area (Å²) in [6.45, 7) is 10.8. The summed E-state index contributed by atoms with van der Waals surface area (Å²) in [4.78, 5) is 0. The van der Waals surface area contributed by atoms with Crippen molar-refractivity contribution in [2.45, 2.75) is 33.4 Å². The van der Waals surface area contributed by atoms with Crippen LogP contribution in [0.5, 0.6) is 5.75 Å². The van der Waals surface area contributed by atoms with Crippen molar-refractivity contribution in [3.05, 3.63) is 102 Å². The van der Waals surface area contributed by atoms with Crippen LogP contribution in [0, 0.1) is 13.8 Å². The van der Waals surface area contributed by atoms with Crippen LogP contribution < -0.4 is 15.4 Å². The number of aryl methyl sites for hydroxylation is 2. The summed E-state index contributed by atoms with van der Waals surface area (Å²) in [6.07, 6.45) is 5.13. The SMILES string of the molecule is C=CCc1ccc(OCC)c(CP(=S)(CNc2ccc(C)cc2)CNc2ccc(C)cc2)c1. The van der Waals surface area contributed by atoms with E-state index < -0.39 is 6.04 Å². The molecule has 0 unspecified atom stereocenters. The second kappa shape index (κ2) is 12.1. The molecule has 0 amide bonds. The van der Waals surface area contributed by atoms with Gasteiger partial charge in [0.05, 0.1) is 6.61 Å². The third kappa shape index (κ3) is 7.77. The van der Waals surface area contributed by atoms with Gasteiger partial charge in [-0.05, 0) is 74.7 Å². The Balaban J connectivity index is 1.85. The van der Waals surface area contributed by atoms with Crippen LogP contribution in [-0.4, -0.2) is 19.2 Å². The molecular formula is C28H35N2OPS. The first-order valence-electron chi connectivity index (χ1n) is 11.4. The third-order valence-electron chi connectivity index (χ3n) is 5.51. The molecule has 0 saturated carbocycles. The van der Waals surface area contributed by atoms with Gasteiger partial charge in [0.1, 0.15) is 5.75 Å². The normalized spacial score (nSPS) is 11.1. The standard InChI is InChI=1S/C28H35N2OPS/c1-5-7-24-12-17-28(31-6-2)25(18-24)19-32(33,20-29-26-13-8-22(3)9-14-26)21-30-27-15-10-23(4)11-16-27/h5,8-18,29-30H,1,6-7,19-21H2,2-4H3. The molecule has 0 aliphatic rings. The highest BCUT2D eigenvalue weighted by Gasteiger charge is 2.21. The van der Waals surface area contributed by atoms with Crippen LogP contribution in [0.1, 0.15) is 29.2 Å². The Labute approximate surface area is 204 Å². The zero-order chi connectivity index (χ0) is 23.7. The number of anilines is 2. The lowest BCUT2D eigenvalue weighted by molar-refractivity contribution is 0.337. The maximum atomic E-state index is 6.40.